The van der Waals surface area contributed by atoms with Crippen molar-refractivity contribution >= 4 is 5.78 Å². The van der Waals surface area contributed by atoms with Gasteiger partial charge in [0.15, 0.2) is 5.78 Å². The predicted octanol–water partition coefficient (Wildman–Crippen LogP) is 4.17. The summed E-state index contributed by atoms with van der Waals surface area (Å²) in [4.78, 5) is 11.5. The van der Waals surface area contributed by atoms with Crippen LogP contribution in [0.5, 0.6) is 0 Å². The molecule has 0 amide bonds. The fourth-order valence-electron chi connectivity index (χ4n) is 2.86. The molecule has 0 radical (unpaired) electrons. The highest BCUT2D eigenvalue weighted by Gasteiger charge is 2.34. The Labute approximate surface area is 121 Å². The average Bonchev–Trinajstić information content (AvgIpc) is 2.50. The van der Waals surface area contributed by atoms with E-state index in [1.807, 2.05) is 6.08 Å². The van der Waals surface area contributed by atoms with Gasteiger partial charge in [-0.25, -0.2) is 8.78 Å². The maximum absolute atomic E-state index is 13.2. The lowest BCUT2D eigenvalue weighted by atomic mass is 9.68. The van der Waals surface area contributed by atoms with E-state index in [0.717, 1.165) is 11.1 Å². The first-order chi connectivity index (χ1) is 10.1. The van der Waals surface area contributed by atoms with Crippen LogP contribution in [0.3, 0.4) is 0 Å². The molecule has 21 heavy (non-hydrogen) atoms. The molecule has 106 valence electrons. The Morgan fingerprint density at radius 3 is 1.67 bits per heavy atom. The van der Waals surface area contributed by atoms with E-state index in [2.05, 4.69) is 0 Å². The van der Waals surface area contributed by atoms with Gasteiger partial charge >= 0.3 is 0 Å². The molecule has 0 fully saturated rings. The Hall–Kier alpha value is -2.29. The molecule has 1 nitrogen and oxygen atoms in total. The molecule has 0 spiro atoms. The number of rotatable bonds is 2. The largest absolute Gasteiger partial charge is 0.295 e. The molecule has 0 saturated heterocycles. The summed E-state index contributed by atoms with van der Waals surface area (Å²) in [5.74, 6) is -0.525. The molecule has 0 N–H and O–H groups in total. The fraction of sp³-hybridized carbons (Fsp3) is 0.167. The molecule has 0 saturated carbocycles. The van der Waals surface area contributed by atoms with Gasteiger partial charge in [0.2, 0.25) is 0 Å². The van der Waals surface area contributed by atoms with Crippen LogP contribution in [0.25, 0.3) is 0 Å². The van der Waals surface area contributed by atoms with E-state index in [4.69, 9.17) is 0 Å². The van der Waals surface area contributed by atoms with E-state index in [9.17, 15) is 13.6 Å². The van der Waals surface area contributed by atoms with Crippen molar-refractivity contribution in [2.45, 2.75) is 18.3 Å². The summed E-state index contributed by atoms with van der Waals surface area (Å²) in [5.41, 5.74) is 1.30. The first kappa shape index (κ1) is 13.7. The summed E-state index contributed by atoms with van der Waals surface area (Å²) in [7, 11) is 0. The minimum absolute atomic E-state index is 0.0786. The van der Waals surface area contributed by atoms with E-state index in [1.165, 1.54) is 24.3 Å². The van der Waals surface area contributed by atoms with E-state index < -0.39 is 5.41 Å². The maximum atomic E-state index is 13.2. The lowest BCUT2D eigenvalue weighted by Gasteiger charge is -2.34. The smallest absolute Gasteiger partial charge is 0.155 e. The second-order valence-corrected chi connectivity index (χ2v) is 5.28. The Bertz CT molecular complexity index is 639. The fourth-order valence-corrected chi connectivity index (χ4v) is 2.86. The van der Waals surface area contributed by atoms with Crippen LogP contribution < -0.4 is 0 Å². The van der Waals surface area contributed by atoms with Crippen LogP contribution in [0, 0.1) is 11.6 Å². The van der Waals surface area contributed by atoms with Gasteiger partial charge in [0.25, 0.3) is 0 Å². The van der Waals surface area contributed by atoms with Crippen LogP contribution in [0.2, 0.25) is 0 Å². The Morgan fingerprint density at radius 2 is 1.29 bits per heavy atom. The van der Waals surface area contributed by atoms with Crippen LogP contribution in [0.15, 0.2) is 60.7 Å². The van der Waals surface area contributed by atoms with Gasteiger partial charge in [-0.2, -0.15) is 0 Å². The number of hydrogen-bond donors (Lipinski definition) is 0. The SMILES string of the molecule is O=C1C=CC(c2ccc(F)cc2)(c2ccc(F)cc2)CC1. The zero-order valence-electron chi connectivity index (χ0n) is 11.4. The van der Waals surface area contributed by atoms with Crippen LogP contribution in [-0.4, -0.2) is 5.78 Å². The van der Waals surface area contributed by atoms with Gasteiger partial charge in [0.05, 0.1) is 0 Å². The zero-order chi connectivity index (χ0) is 14.9. The van der Waals surface area contributed by atoms with Crippen molar-refractivity contribution in [3.05, 3.63) is 83.4 Å². The van der Waals surface area contributed by atoms with Crippen molar-refractivity contribution in [1.82, 2.24) is 0 Å². The normalized spacial score (nSPS) is 17.0. The van der Waals surface area contributed by atoms with Crippen LogP contribution in [0.4, 0.5) is 8.78 Å². The summed E-state index contributed by atoms with van der Waals surface area (Å²) >= 11 is 0. The van der Waals surface area contributed by atoms with Gasteiger partial charge in [0, 0.05) is 11.8 Å². The molecule has 0 aliphatic heterocycles. The van der Waals surface area contributed by atoms with Crippen molar-refractivity contribution in [3.8, 4) is 0 Å². The molecule has 1 aliphatic rings. The molecular weight excluding hydrogens is 270 g/mol. The third kappa shape index (κ3) is 2.51. The first-order valence-corrected chi connectivity index (χ1v) is 6.84. The van der Waals surface area contributed by atoms with Crippen LogP contribution in [-0.2, 0) is 10.2 Å². The standard InChI is InChI=1S/C18H14F2O/c19-15-5-1-13(2-6-15)18(11-9-17(21)10-12-18)14-3-7-16(20)8-4-14/h1-9,11H,10,12H2. The lowest BCUT2D eigenvalue weighted by molar-refractivity contribution is -0.115. The molecule has 0 aromatic heterocycles. The Morgan fingerprint density at radius 1 is 0.810 bits per heavy atom. The topological polar surface area (TPSA) is 17.1 Å². The molecule has 3 rings (SSSR count). The van der Waals surface area contributed by atoms with Crippen molar-refractivity contribution < 1.29 is 13.6 Å². The van der Waals surface area contributed by atoms with Crippen LogP contribution in [0.1, 0.15) is 24.0 Å². The van der Waals surface area contributed by atoms with Gasteiger partial charge in [-0.05, 0) is 47.9 Å². The molecule has 0 atom stereocenters. The van der Waals surface area contributed by atoms with E-state index in [0.29, 0.717) is 12.8 Å². The molecule has 0 bridgehead atoms. The zero-order valence-corrected chi connectivity index (χ0v) is 11.4. The number of allylic oxidation sites excluding steroid dienone is 2. The highest BCUT2D eigenvalue weighted by Crippen LogP contribution is 2.40. The lowest BCUT2D eigenvalue weighted by Crippen LogP contribution is -2.29. The molecule has 0 heterocycles. The monoisotopic (exact) mass is 284 g/mol. The van der Waals surface area contributed by atoms with Crippen molar-refractivity contribution in [2.75, 3.05) is 0 Å². The van der Waals surface area contributed by atoms with E-state index in [1.54, 1.807) is 30.3 Å². The molecule has 0 unspecified atom stereocenters. The predicted molar refractivity (Wildman–Crippen MR) is 77.0 cm³/mol. The van der Waals surface area contributed by atoms with Crippen molar-refractivity contribution in [3.63, 3.8) is 0 Å². The summed E-state index contributed by atoms with van der Waals surface area (Å²) in [5, 5.41) is 0. The molecule has 1 aliphatic carbocycles. The second kappa shape index (κ2) is 5.24. The Balaban J connectivity index is 2.15. The number of carbonyl (C=O) groups is 1. The molecule has 3 heteroatoms. The number of hydrogen-bond acceptors (Lipinski definition) is 1. The number of benzene rings is 2. The maximum Gasteiger partial charge on any atom is 0.155 e. The van der Waals surface area contributed by atoms with Gasteiger partial charge in [-0.15, -0.1) is 0 Å². The van der Waals surface area contributed by atoms with Gasteiger partial charge in [-0.3, -0.25) is 4.79 Å². The van der Waals surface area contributed by atoms with Gasteiger partial charge < -0.3 is 0 Å². The number of halogens is 2. The molecular formula is C18H14F2O. The Kier molecular flexibility index (Phi) is 3.42. The number of ketones is 1. The highest BCUT2D eigenvalue weighted by atomic mass is 19.1. The minimum Gasteiger partial charge on any atom is -0.295 e. The third-order valence-corrected chi connectivity index (χ3v) is 4.04. The molecule has 2 aromatic carbocycles. The van der Waals surface area contributed by atoms with Crippen molar-refractivity contribution in [1.29, 1.82) is 0 Å². The summed E-state index contributed by atoms with van der Waals surface area (Å²) in [6, 6.07) is 12.5. The summed E-state index contributed by atoms with van der Waals surface area (Å²) in [6.07, 6.45) is 4.43. The van der Waals surface area contributed by atoms with Gasteiger partial charge in [0.1, 0.15) is 11.6 Å². The van der Waals surface area contributed by atoms with E-state index in [-0.39, 0.29) is 17.4 Å². The number of carbonyl (C=O) groups excluding carboxylic acids is 1. The third-order valence-electron chi connectivity index (χ3n) is 4.04. The summed E-state index contributed by atoms with van der Waals surface area (Å²) < 4.78 is 26.3. The van der Waals surface area contributed by atoms with Gasteiger partial charge in [-0.1, -0.05) is 30.3 Å². The average molecular weight is 284 g/mol. The van der Waals surface area contributed by atoms with Crippen LogP contribution >= 0.6 is 0 Å². The van der Waals surface area contributed by atoms with Crippen molar-refractivity contribution in [2.24, 2.45) is 0 Å². The summed E-state index contributed by atoms with van der Waals surface area (Å²) in [6.45, 7) is 0. The van der Waals surface area contributed by atoms with E-state index >= 15 is 0 Å². The highest BCUT2D eigenvalue weighted by molar-refractivity contribution is 5.91. The first-order valence-electron chi connectivity index (χ1n) is 6.84. The quantitative estimate of drug-likeness (QED) is 0.809. The second-order valence-electron chi connectivity index (χ2n) is 5.28. The minimum atomic E-state index is -0.505. The molecule has 2 aromatic rings.